The molecule has 0 aliphatic heterocycles. The lowest BCUT2D eigenvalue weighted by molar-refractivity contribution is 0.367. The largest absolute Gasteiger partial charge is 0.425 e. The van der Waals surface area contributed by atoms with Gasteiger partial charge in [-0.1, -0.05) is 27.2 Å². The number of rotatable bonds is 3. The van der Waals surface area contributed by atoms with Crippen molar-refractivity contribution >= 4 is 0 Å². The van der Waals surface area contributed by atoms with Crippen molar-refractivity contribution in [3.05, 3.63) is 11.8 Å². The molecule has 0 radical (unpaired) electrons. The van der Waals surface area contributed by atoms with E-state index < -0.39 is 0 Å². The van der Waals surface area contributed by atoms with Gasteiger partial charge in [-0.2, -0.15) is 0 Å². The second kappa shape index (κ2) is 3.70. The van der Waals surface area contributed by atoms with E-state index in [-0.39, 0.29) is 0 Å². The molecule has 12 heavy (non-hydrogen) atoms. The summed E-state index contributed by atoms with van der Waals surface area (Å²) in [4.78, 5) is 0. The fourth-order valence-corrected chi connectivity index (χ4v) is 1.09. The van der Waals surface area contributed by atoms with Gasteiger partial charge in [0.1, 0.15) is 0 Å². The molecule has 0 saturated heterocycles. The second-order valence-electron chi connectivity index (χ2n) is 3.33. The van der Waals surface area contributed by atoms with Crippen molar-refractivity contribution in [3.63, 3.8) is 0 Å². The van der Waals surface area contributed by atoms with Crippen molar-refractivity contribution in [3.8, 4) is 0 Å². The van der Waals surface area contributed by atoms with E-state index in [0.717, 1.165) is 12.3 Å². The van der Waals surface area contributed by atoms with E-state index in [9.17, 15) is 0 Å². The van der Waals surface area contributed by atoms with E-state index in [1.165, 1.54) is 0 Å². The average Bonchev–Trinajstić information content (AvgIpc) is 2.49. The van der Waals surface area contributed by atoms with Crippen molar-refractivity contribution in [2.24, 2.45) is 5.92 Å². The molecule has 2 unspecified atom stereocenters. The molecule has 3 heteroatoms. The van der Waals surface area contributed by atoms with Gasteiger partial charge in [0, 0.05) is 12.8 Å². The molecule has 1 aromatic heterocycles. The van der Waals surface area contributed by atoms with E-state index in [1.54, 1.807) is 0 Å². The Morgan fingerprint density at radius 3 is 2.42 bits per heavy atom. The lowest BCUT2D eigenvalue weighted by Gasteiger charge is -2.13. The van der Waals surface area contributed by atoms with Crippen LogP contribution in [-0.4, -0.2) is 10.2 Å². The summed E-state index contributed by atoms with van der Waals surface area (Å²) in [5.74, 6) is 2.39. The normalized spacial score (nSPS) is 16.0. The maximum Gasteiger partial charge on any atom is 0.219 e. The predicted octanol–water partition coefficient (Wildman–Crippen LogP) is 2.53. The molecule has 0 fully saturated rings. The zero-order valence-corrected chi connectivity index (χ0v) is 8.16. The first-order chi connectivity index (χ1) is 5.65. The molecule has 0 bridgehead atoms. The topological polar surface area (TPSA) is 38.9 Å². The Labute approximate surface area is 73.2 Å². The van der Waals surface area contributed by atoms with Gasteiger partial charge >= 0.3 is 0 Å². The van der Waals surface area contributed by atoms with Crippen molar-refractivity contribution in [2.45, 2.75) is 40.0 Å². The Kier molecular flexibility index (Phi) is 2.84. The number of hydrogen-bond acceptors (Lipinski definition) is 3. The Morgan fingerprint density at radius 2 is 2.00 bits per heavy atom. The van der Waals surface area contributed by atoms with Crippen LogP contribution in [0.1, 0.15) is 44.9 Å². The minimum absolute atomic E-state index is 0.371. The first-order valence-corrected chi connectivity index (χ1v) is 4.45. The van der Waals surface area contributed by atoms with E-state index in [4.69, 9.17) is 4.42 Å². The van der Waals surface area contributed by atoms with Crippen molar-refractivity contribution in [2.75, 3.05) is 0 Å². The number of aromatic nitrogens is 2. The molecule has 68 valence electrons. The lowest BCUT2D eigenvalue weighted by Crippen LogP contribution is -2.05. The van der Waals surface area contributed by atoms with E-state index in [0.29, 0.717) is 17.7 Å². The molecule has 0 saturated carbocycles. The summed E-state index contributed by atoms with van der Waals surface area (Å²) >= 11 is 0. The Balaban J connectivity index is 2.70. The number of hydrogen-bond donors (Lipinski definition) is 0. The van der Waals surface area contributed by atoms with Crippen molar-refractivity contribution in [1.82, 2.24) is 10.2 Å². The highest BCUT2D eigenvalue weighted by Crippen LogP contribution is 2.24. The summed E-state index contributed by atoms with van der Waals surface area (Å²) in [5.41, 5.74) is 0. The van der Waals surface area contributed by atoms with Crippen LogP contribution >= 0.6 is 0 Å². The third-order valence-corrected chi connectivity index (χ3v) is 2.43. The average molecular weight is 168 g/mol. The third kappa shape index (κ3) is 1.84. The summed E-state index contributed by atoms with van der Waals surface area (Å²) in [5, 5.41) is 7.81. The van der Waals surface area contributed by atoms with Gasteiger partial charge in [-0.05, 0) is 5.92 Å². The highest BCUT2D eigenvalue weighted by molar-refractivity contribution is 4.90. The molecule has 1 heterocycles. The fourth-order valence-electron chi connectivity index (χ4n) is 1.09. The molecular weight excluding hydrogens is 152 g/mol. The minimum Gasteiger partial charge on any atom is -0.425 e. The highest BCUT2D eigenvalue weighted by atomic mass is 16.4. The highest BCUT2D eigenvalue weighted by Gasteiger charge is 2.17. The van der Waals surface area contributed by atoms with E-state index in [2.05, 4.69) is 31.0 Å². The maximum absolute atomic E-state index is 5.35. The van der Waals surface area contributed by atoms with E-state index >= 15 is 0 Å². The van der Waals surface area contributed by atoms with Crippen LogP contribution in [0.5, 0.6) is 0 Å². The summed E-state index contributed by atoms with van der Waals surface area (Å²) in [7, 11) is 0. The predicted molar refractivity (Wildman–Crippen MR) is 46.9 cm³/mol. The van der Waals surface area contributed by atoms with Gasteiger partial charge in [0.15, 0.2) is 0 Å². The lowest BCUT2D eigenvalue weighted by atomic mass is 9.94. The van der Waals surface area contributed by atoms with Gasteiger partial charge in [0.25, 0.3) is 0 Å². The Bertz CT molecular complexity index is 244. The van der Waals surface area contributed by atoms with Crippen LogP contribution in [0.2, 0.25) is 0 Å². The quantitative estimate of drug-likeness (QED) is 0.696. The molecule has 0 aliphatic rings. The Morgan fingerprint density at radius 1 is 1.33 bits per heavy atom. The van der Waals surface area contributed by atoms with Gasteiger partial charge in [0.2, 0.25) is 11.8 Å². The van der Waals surface area contributed by atoms with Crippen LogP contribution in [0.4, 0.5) is 0 Å². The van der Waals surface area contributed by atoms with E-state index in [1.807, 2.05) is 6.92 Å². The van der Waals surface area contributed by atoms with Gasteiger partial charge in [0.05, 0.1) is 0 Å². The second-order valence-corrected chi connectivity index (χ2v) is 3.33. The van der Waals surface area contributed by atoms with Gasteiger partial charge in [-0.25, -0.2) is 0 Å². The molecule has 3 nitrogen and oxygen atoms in total. The maximum atomic E-state index is 5.35. The zero-order valence-electron chi connectivity index (χ0n) is 8.16. The molecule has 1 aromatic rings. The van der Waals surface area contributed by atoms with Crippen molar-refractivity contribution in [1.29, 1.82) is 0 Å². The van der Waals surface area contributed by atoms with Crippen LogP contribution in [-0.2, 0) is 0 Å². The summed E-state index contributed by atoms with van der Waals surface area (Å²) in [6.07, 6.45) is 1.14. The van der Waals surface area contributed by atoms with Crippen LogP contribution in [0.25, 0.3) is 0 Å². The van der Waals surface area contributed by atoms with Crippen LogP contribution in [0.15, 0.2) is 4.42 Å². The Hall–Kier alpha value is -0.860. The molecule has 1 rings (SSSR count). The summed E-state index contributed by atoms with van der Waals surface area (Å²) < 4.78 is 5.35. The summed E-state index contributed by atoms with van der Waals surface area (Å²) in [6.45, 7) is 8.32. The fraction of sp³-hybridized carbons (Fsp3) is 0.778. The molecule has 0 amide bonds. The van der Waals surface area contributed by atoms with Crippen LogP contribution < -0.4 is 0 Å². The first kappa shape index (κ1) is 9.23. The standard InChI is InChI=1S/C9H16N2O/c1-5-6(2)7(3)9-11-10-8(4)12-9/h6-7H,5H2,1-4H3. The monoisotopic (exact) mass is 168 g/mol. The third-order valence-electron chi connectivity index (χ3n) is 2.43. The molecule has 0 spiro atoms. The molecule has 2 atom stereocenters. The van der Waals surface area contributed by atoms with Crippen molar-refractivity contribution < 1.29 is 4.42 Å². The van der Waals surface area contributed by atoms with Crippen LogP contribution in [0.3, 0.4) is 0 Å². The number of nitrogens with zero attached hydrogens (tertiary/aromatic N) is 2. The molecule has 0 aromatic carbocycles. The minimum atomic E-state index is 0.371. The van der Waals surface area contributed by atoms with Crippen LogP contribution in [0, 0.1) is 12.8 Å². The molecular formula is C9H16N2O. The SMILES string of the molecule is CCC(C)C(C)c1nnc(C)o1. The summed E-state index contributed by atoms with van der Waals surface area (Å²) in [6, 6.07) is 0. The number of aryl methyl sites for hydroxylation is 1. The van der Waals surface area contributed by atoms with Gasteiger partial charge < -0.3 is 4.42 Å². The molecule has 0 N–H and O–H groups in total. The molecule has 0 aliphatic carbocycles. The zero-order chi connectivity index (χ0) is 9.14. The smallest absolute Gasteiger partial charge is 0.219 e. The van der Waals surface area contributed by atoms with Gasteiger partial charge in [-0.15, -0.1) is 10.2 Å². The first-order valence-electron chi connectivity index (χ1n) is 4.45. The van der Waals surface area contributed by atoms with Gasteiger partial charge in [-0.3, -0.25) is 0 Å².